The molecular weight excluding hydrogens is 614 g/mol. The molecule has 2 saturated heterocycles. The molecule has 0 amide bonds. The normalized spacial score (nSPS) is 21.4. The van der Waals surface area contributed by atoms with Gasteiger partial charge in [-0.25, -0.2) is 17.9 Å². The van der Waals surface area contributed by atoms with Crippen LogP contribution < -0.4 is 20.5 Å². The Bertz CT molecular complexity index is 1710. The van der Waals surface area contributed by atoms with Crippen molar-refractivity contribution in [2.24, 2.45) is 10.6 Å². The first-order valence-electron chi connectivity index (χ1n) is 14.8. The van der Waals surface area contributed by atoms with Gasteiger partial charge < -0.3 is 24.7 Å². The number of likely N-dealkylation sites (tertiary alicyclic amines) is 1. The van der Waals surface area contributed by atoms with Gasteiger partial charge >= 0.3 is 6.18 Å². The van der Waals surface area contributed by atoms with E-state index in [-0.39, 0.29) is 34.6 Å². The van der Waals surface area contributed by atoms with E-state index in [1.807, 2.05) is 6.07 Å². The summed E-state index contributed by atoms with van der Waals surface area (Å²) >= 11 is 0. The number of hydrogen-bond acceptors (Lipinski definition) is 7. The van der Waals surface area contributed by atoms with Crippen LogP contribution in [0, 0.1) is 17.3 Å². The Labute approximate surface area is 259 Å². The van der Waals surface area contributed by atoms with Crippen molar-refractivity contribution in [2.75, 3.05) is 50.3 Å². The highest BCUT2D eigenvalue weighted by molar-refractivity contribution is 7.89. The molecule has 1 saturated carbocycles. The summed E-state index contributed by atoms with van der Waals surface area (Å²) in [5.74, 6) is 5.56. The summed E-state index contributed by atoms with van der Waals surface area (Å²) in [5.41, 5.74) is 2.03. The minimum absolute atomic E-state index is 0.0373. The van der Waals surface area contributed by atoms with E-state index in [4.69, 9.17) is 14.6 Å². The number of sulfonamides is 1. The Kier molecular flexibility index (Phi) is 8.64. The van der Waals surface area contributed by atoms with Crippen molar-refractivity contribution in [3.05, 3.63) is 48.2 Å². The van der Waals surface area contributed by atoms with Gasteiger partial charge in [0.15, 0.2) is 0 Å². The van der Waals surface area contributed by atoms with E-state index < -0.39 is 29.6 Å². The minimum Gasteiger partial charge on any atom is -0.461 e. The van der Waals surface area contributed by atoms with Crippen LogP contribution in [0.4, 0.5) is 28.9 Å². The smallest absolute Gasteiger partial charge is 0.406 e. The van der Waals surface area contributed by atoms with Crippen molar-refractivity contribution in [2.45, 2.75) is 55.4 Å². The Balaban J connectivity index is 1.16. The molecule has 1 aliphatic carbocycles. The number of anilines is 2. The van der Waals surface area contributed by atoms with E-state index in [9.17, 15) is 26.0 Å². The van der Waals surface area contributed by atoms with Gasteiger partial charge in [0, 0.05) is 47.7 Å². The molecule has 3 aliphatic rings. The Hall–Kier alpha value is -3.51. The Morgan fingerprint density at radius 2 is 1.82 bits per heavy atom. The standard InChI is InChI=1S/C31H35F4N5O4S/c32-20-44-29-14-24(45(36,41)42)10-11-27(29)37-12-2-3-23-13-25-26(4-1-5-28(25)40(23)17-31(33,34)35)38-21-6-8-22(9-7-21)39-15-30(16-39)18-43-19-30/h1,4-5,10-11,13-14,21-22,37-38H,6-9,12,15-20H2,(H2,36,41,42)/t21-,22-. The van der Waals surface area contributed by atoms with Crippen LogP contribution in [0.5, 0.6) is 5.75 Å². The van der Waals surface area contributed by atoms with Crippen molar-refractivity contribution in [1.29, 1.82) is 0 Å². The average molecular weight is 650 g/mol. The third kappa shape index (κ3) is 7.01. The lowest BCUT2D eigenvalue weighted by molar-refractivity contribution is -0.200. The van der Waals surface area contributed by atoms with Gasteiger partial charge in [0.25, 0.3) is 0 Å². The SMILES string of the molecule is NS(=O)(=O)c1ccc(NCC#Cc2cc3c(N[C@H]4CC[C@H](N5CC6(COC6)C5)CC4)cccc3n2CC(F)(F)F)c(OCF)c1. The van der Waals surface area contributed by atoms with E-state index >= 15 is 0 Å². The zero-order chi connectivity index (χ0) is 31.8. The van der Waals surface area contributed by atoms with Gasteiger partial charge in [-0.1, -0.05) is 12.0 Å². The number of ether oxygens (including phenoxy) is 2. The number of nitrogens with zero attached hydrogens (tertiary/aromatic N) is 2. The maximum Gasteiger partial charge on any atom is 0.406 e. The summed E-state index contributed by atoms with van der Waals surface area (Å²) < 4.78 is 88.5. The topological polar surface area (TPSA) is 111 Å². The van der Waals surface area contributed by atoms with Crippen LogP contribution in [0.3, 0.4) is 0 Å². The molecule has 45 heavy (non-hydrogen) atoms. The summed E-state index contributed by atoms with van der Waals surface area (Å²) in [4.78, 5) is 2.30. The molecule has 0 radical (unpaired) electrons. The summed E-state index contributed by atoms with van der Waals surface area (Å²) in [5, 5.41) is 12.3. The van der Waals surface area contributed by atoms with Crippen LogP contribution in [0.2, 0.25) is 0 Å². The van der Waals surface area contributed by atoms with Crippen LogP contribution in [0.1, 0.15) is 31.4 Å². The van der Waals surface area contributed by atoms with E-state index in [0.717, 1.165) is 68.3 Å². The number of alkyl halides is 4. The van der Waals surface area contributed by atoms with Crippen molar-refractivity contribution in [1.82, 2.24) is 9.47 Å². The van der Waals surface area contributed by atoms with E-state index in [1.54, 1.807) is 18.2 Å². The molecule has 0 bridgehead atoms. The molecule has 2 aromatic carbocycles. The predicted octanol–water partition coefficient (Wildman–Crippen LogP) is 4.68. The molecule has 3 heterocycles. The molecule has 1 spiro atoms. The van der Waals surface area contributed by atoms with E-state index in [2.05, 4.69) is 27.4 Å². The number of benzene rings is 2. The first-order valence-corrected chi connectivity index (χ1v) is 16.3. The molecule has 9 nitrogen and oxygen atoms in total. The lowest BCUT2D eigenvalue weighted by Gasteiger charge is -2.58. The highest BCUT2D eigenvalue weighted by Gasteiger charge is 2.50. The fourth-order valence-electron chi connectivity index (χ4n) is 6.59. The van der Waals surface area contributed by atoms with Gasteiger partial charge in [-0.05, 0) is 61.9 Å². The number of primary sulfonamides is 1. The maximum absolute atomic E-state index is 13.6. The zero-order valence-corrected chi connectivity index (χ0v) is 25.3. The summed E-state index contributed by atoms with van der Waals surface area (Å²) in [6.07, 6.45) is -0.352. The number of aromatic nitrogens is 1. The van der Waals surface area contributed by atoms with Crippen LogP contribution in [-0.2, 0) is 21.3 Å². The van der Waals surface area contributed by atoms with Crippen LogP contribution in [-0.4, -0.2) is 75.9 Å². The molecule has 14 heteroatoms. The first kappa shape index (κ1) is 31.5. The molecule has 4 N–H and O–H groups in total. The number of rotatable bonds is 9. The molecule has 3 aromatic rings. The number of nitrogens with two attached hydrogens (primary N) is 1. The minimum atomic E-state index is -4.47. The van der Waals surface area contributed by atoms with Crippen molar-refractivity contribution in [3.63, 3.8) is 0 Å². The first-order chi connectivity index (χ1) is 21.4. The highest BCUT2D eigenvalue weighted by Crippen LogP contribution is 2.41. The Morgan fingerprint density at radius 3 is 2.47 bits per heavy atom. The summed E-state index contributed by atoms with van der Waals surface area (Å²) in [6, 6.07) is 11.4. The predicted molar refractivity (Wildman–Crippen MR) is 162 cm³/mol. The second-order valence-corrected chi connectivity index (χ2v) is 13.7. The van der Waals surface area contributed by atoms with Gasteiger partial charge in [-0.15, -0.1) is 0 Å². The van der Waals surface area contributed by atoms with Crippen LogP contribution in [0.25, 0.3) is 10.9 Å². The molecule has 3 fully saturated rings. The number of nitrogens with one attached hydrogen (secondary N) is 2. The van der Waals surface area contributed by atoms with Gasteiger partial charge in [-0.2, -0.15) is 13.2 Å². The van der Waals surface area contributed by atoms with Crippen LogP contribution in [0.15, 0.2) is 47.4 Å². The van der Waals surface area contributed by atoms with E-state index in [1.165, 1.54) is 12.1 Å². The summed E-state index contributed by atoms with van der Waals surface area (Å²) in [7, 11) is -4.04. The fourth-order valence-corrected chi connectivity index (χ4v) is 7.12. The molecule has 0 atom stereocenters. The third-order valence-electron chi connectivity index (χ3n) is 8.82. The second kappa shape index (κ2) is 12.4. The molecule has 0 unspecified atom stereocenters. The van der Waals surface area contributed by atoms with E-state index in [0.29, 0.717) is 22.4 Å². The van der Waals surface area contributed by atoms with Gasteiger partial charge in [0.2, 0.25) is 16.9 Å². The third-order valence-corrected chi connectivity index (χ3v) is 9.74. The molecular formula is C31H35F4N5O4S. The summed E-state index contributed by atoms with van der Waals surface area (Å²) in [6.45, 7) is 1.51. The highest BCUT2D eigenvalue weighted by atomic mass is 32.2. The van der Waals surface area contributed by atoms with Crippen molar-refractivity contribution in [3.8, 4) is 17.6 Å². The largest absolute Gasteiger partial charge is 0.461 e. The van der Waals surface area contributed by atoms with Crippen molar-refractivity contribution < 1.29 is 35.5 Å². The van der Waals surface area contributed by atoms with Gasteiger partial charge in [-0.3, -0.25) is 4.90 Å². The quantitative estimate of drug-likeness (QED) is 0.228. The molecule has 6 rings (SSSR count). The second-order valence-electron chi connectivity index (χ2n) is 12.1. The van der Waals surface area contributed by atoms with Crippen LogP contribution >= 0.6 is 0 Å². The number of fused-ring (bicyclic) bond motifs is 1. The fraction of sp³-hybridized carbons (Fsp3) is 0.484. The molecule has 242 valence electrons. The number of hydrogen-bond donors (Lipinski definition) is 3. The number of halogens is 4. The average Bonchev–Trinajstić information content (AvgIpc) is 3.27. The van der Waals surface area contributed by atoms with Crippen molar-refractivity contribution >= 4 is 32.3 Å². The lowest BCUT2D eigenvalue weighted by atomic mass is 9.75. The monoisotopic (exact) mass is 649 g/mol. The lowest BCUT2D eigenvalue weighted by Crippen LogP contribution is -2.68. The Morgan fingerprint density at radius 1 is 1.07 bits per heavy atom. The maximum atomic E-state index is 13.6. The molecule has 2 aliphatic heterocycles. The van der Waals surface area contributed by atoms with Gasteiger partial charge in [0.05, 0.1) is 41.6 Å². The van der Waals surface area contributed by atoms with Gasteiger partial charge in [0.1, 0.15) is 12.3 Å². The molecule has 1 aromatic heterocycles. The zero-order valence-electron chi connectivity index (χ0n) is 24.5.